The van der Waals surface area contributed by atoms with Crippen LogP contribution in [0.3, 0.4) is 0 Å². The van der Waals surface area contributed by atoms with Crippen LogP contribution in [0, 0.1) is 5.92 Å². The molecule has 0 radical (unpaired) electrons. The van der Waals surface area contributed by atoms with Gasteiger partial charge in [-0.1, -0.05) is 30.2 Å². The fourth-order valence-corrected chi connectivity index (χ4v) is 5.30. The van der Waals surface area contributed by atoms with E-state index in [1.807, 2.05) is 0 Å². The van der Waals surface area contributed by atoms with Gasteiger partial charge >= 0.3 is 0 Å². The fourth-order valence-electron chi connectivity index (χ4n) is 3.40. The predicted octanol–water partition coefficient (Wildman–Crippen LogP) is 3.54. The first-order valence-corrected chi connectivity index (χ1v) is 11.0. The van der Waals surface area contributed by atoms with E-state index in [4.69, 9.17) is 16.3 Å². The summed E-state index contributed by atoms with van der Waals surface area (Å²) in [6, 6.07) is 10.9. The normalized spacial score (nSPS) is 19.4. The highest BCUT2D eigenvalue weighted by Gasteiger charge is 2.31. The molecule has 3 rings (SSSR count). The zero-order valence-electron chi connectivity index (χ0n) is 15.4. The summed E-state index contributed by atoms with van der Waals surface area (Å²) >= 11 is 6.08. The molecule has 0 aromatic heterocycles. The van der Waals surface area contributed by atoms with E-state index in [1.165, 1.54) is 25.3 Å². The van der Waals surface area contributed by atoms with Gasteiger partial charge in [-0.3, -0.25) is 4.79 Å². The minimum Gasteiger partial charge on any atom is -0.496 e. The average molecular weight is 424 g/mol. The Kier molecular flexibility index (Phi) is 6.27. The third-order valence-electron chi connectivity index (χ3n) is 4.95. The Labute approximate surface area is 169 Å². The van der Waals surface area contributed by atoms with Gasteiger partial charge in [0.05, 0.1) is 40.1 Å². The summed E-state index contributed by atoms with van der Waals surface area (Å²) in [6.07, 6.45) is 1.51. The summed E-state index contributed by atoms with van der Waals surface area (Å²) in [7, 11) is -2.25. The van der Waals surface area contributed by atoms with Crippen LogP contribution < -0.4 is 10.1 Å². The van der Waals surface area contributed by atoms with Gasteiger partial charge in [0.2, 0.25) is 0 Å². The maximum Gasteiger partial charge on any atom is 0.259 e. The molecule has 0 spiro atoms. The molecular formula is C20H22ClNO5S. The van der Waals surface area contributed by atoms with E-state index in [1.54, 1.807) is 24.3 Å². The van der Waals surface area contributed by atoms with Crippen molar-refractivity contribution in [3.63, 3.8) is 0 Å². The lowest BCUT2D eigenvalue weighted by Crippen LogP contribution is -2.23. The summed E-state index contributed by atoms with van der Waals surface area (Å²) in [4.78, 5) is 12.8. The number of aliphatic hydroxyl groups excluding tert-OH is 1. The van der Waals surface area contributed by atoms with Crippen LogP contribution in [-0.4, -0.2) is 38.4 Å². The zero-order chi connectivity index (χ0) is 20.3. The molecule has 0 bridgehead atoms. The second kappa shape index (κ2) is 8.51. The molecule has 2 aromatic carbocycles. The summed E-state index contributed by atoms with van der Waals surface area (Å²) < 4.78 is 30.9. The van der Waals surface area contributed by atoms with E-state index >= 15 is 0 Å². The number of halogens is 1. The van der Waals surface area contributed by atoms with E-state index in [0.29, 0.717) is 23.6 Å². The number of carbonyl (C=O) groups is 1. The molecule has 1 amide bonds. The lowest BCUT2D eigenvalue weighted by atomic mass is 10.1. The van der Waals surface area contributed by atoms with Crippen LogP contribution in [0.2, 0.25) is 5.02 Å². The van der Waals surface area contributed by atoms with Gasteiger partial charge in [-0.25, -0.2) is 8.42 Å². The molecular weight excluding hydrogens is 402 g/mol. The third-order valence-corrected chi connectivity index (χ3v) is 7.12. The lowest BCUT2D eigenvalue weighted by molar-refractivity contribution is 0.102. The smallest absolute Gasteiger partial charge is 0.259 e. The molecule has 0 heterocycles. The van der Waals surface area contributed by atoms with E-state index in [0.717, 1.165) is 6.42 Å². The topological polar surface area (TPSA) is 92.7 Å². The van der Waals surface area contributed by atoms with Crippen LogP contribution in [0.4, 0.5) is 5.69 Å². The highest BCUT2D eigenvalue weighted by molar-refractivity contribution is 7.91. The first kappa shape index (κ1) is 20.6. The summed E-state index contributed by atoms with van der Waals surface area (Å²) in [6.45, 7) is 0. The molecule has 1 unspecified atom stereocenters. The van der Waals surface area contributed by atoms with E-state index in [9.17, 15) is 18.3 Å². The van der Waals surface area contributed by atoms with Gasteiger partial charge in [0.1, 0.15) is 5.75 Å². The Morgan fingerprint density at radius 3 is 2.64 bits per heavy atom. The number of anilines is 1. The number of ether oxygens (including phenoxy) is 1. The van der Waals surface area contributed by atoms with Crippen LogP contribution in [0.5, 0.6) is 5.75 Å². The van der Waals surface area contributed by atoms with Crippen LogP contribution in [0.15, 0.2) is 47.4 Å². The number of carbonyl (C=O) groups excluding carboxylic acids is 1. The molecule has 1 aliphatic rings. The van der Waals surface area contributed by atoms with Crippen molar-refractivity contribution in [3.05, 3.63) is 53.1 Å². The van der Waals surface area contributed by atoms with Crippen molar-refractivity contribution in [2.24, 2.45) is 5.92 Å². The minimum atomic E-state index is -3.66. The highest BCUT2D eigenvalue weighted by Crippen LogP contribution is 2.31. The number of benzene rings is 2. The van der Waals surface area contributed by atoms with E-state index in [2.05, 4.69) is 5.32 Å². The van der Waals surface area contributed by atoms with Crippen molar-refractivity contribution in [2.75, 3.05) is 18.2 Å². The number of aliphatic hydroxyl groups is 1. The minimum absolute atomic E-state index is 0.0247. The van der Waals surface area contributed by atoms with Gasteiger partial charge in [0.25, 0.3) is 5.91 Å². The number of sulfone groups is 1. The molecule has 0 aliphatic heterocycles. The van der Waals surface area contributed by atoms with Crippen molar-refractivity contribution in [3.8, 4) is 5.75 Å². The average Bonchev–Trinajstić information content (AvgIpc) is 3.07. The number of nitrogens with one attached hydrogen (secondary N) is 1. The van der Waals surface area contributed by atoms with Crippen LogP contribution in [-0.2, 0) is 9.84 Å². The Bertz CT molecular complexity index is 976. The van der Waals surface area contributed by atoms with Crippen molar-refractivity contribution < 1.29 is 23.1 Å². The number of hydrogen-bond acceptors (Lipinski definition) is 5. The molecule has 1 fully saturated rings. The van der Waals surface area contributed by atoms with Crippen molar-refractivity contribution >= 4 is 33.0 Å². The van der Waals surface area contributed by atoms with Gasteiger partial charge < -0.3 is 15.2 Å². The standard InChI is InChI=1S/C20H22ClNO5S/c1-27-19-10-9-14(28(25,26)12-13-5-4-8-18(13)23)11-15(19)20(24)22-17-7-3-2-6-16(17)21/h2-3,6-7,9-11,13,18,23H,4-5,8,12H2,1H3,(H,22,24)/t13?,18-/m0/s1. The Balaban J connectivity index is 1.89. The predicted molar refractivity (Wildman–Crippen MR) is 108 cm³/mol. The molecule has 8 heteroatoms. The highest BCUT2D eigenvalue weighted by atomic mass is 35.5. The lowest BCUT2D eigenvalue weighted by Gasteiger charge is -2.16. The third kappa shape index (κ3) is 4.48. The number of hydrogen-bond donors (Lipinski definition) is 2. The van der Waals surface area contributed by atoms with Gasteiger partial charge in [-0.05, 0) is 49.1 Å². The summed E-state index contributed by atoms with van der Waals surface area (Å²) in [5.41, 5.74) is 0.508. The molecule has 2 atom stereocenters. The number of amides is 1. The number of methoxy groups -OCH3 is 1. The second-order valence-electron chi connectivity index (χ2n) is 6.84. The fraction of sp³-hybridized carbons (Fsp3) is 0.350. The van der Waals surface area contributed by atoms with Gasteiger partial charge in [-0.2, -0.15) is 0 Å². The zero-order valence-corrected chi connectivity index (χ0v) is 17.0. The van der Waals surface area contributed by atoms with Crippen LogP contribution in [0.1, 0.15) is 29.6 Å². The Morgan fingerprint density at radius 2 is 2.00 bits per heavy atom. The van der Waals surface area contributed by atoms with Gasteiger partial charge in [0.15, 0.2) is 9.84 Å². The van der Waals surface area contributed by atoms with Crippen LogP contribution >= 0.6 is 11.6 Å². The van der Waals surface area contributed by atoms with Crippen molar-refractivity contribution in [1.82, 2.24) is 0 Å². The maximum atomic E-state index is 12.8. The molecule has 1 saturated carbocycles. The largest absolute Gasteiger partial charge is 0.496 e. The Morgan fingerprint density at radius 1 is 1.25 bits per heavy atom. The molecule has 2 N–H and O–H groups in total. The van der Waals surface area contributed by atoms with Crippen LogP contribution in [0.25, 0.3) is 0 Å². The number of para-hydroxylation sites is 1. The molecule has 0 saturated heterocycles. The van der Waals surface area contributed by atoms with Crippen molar-refractivity contribution in [2.45, 2.75) is 30.3 Å². The molecule has 28 heavy (non-hydrogen) atoms. The second-order valence-corrected chi connectivity index (χ2v) is 9.28. The van der Waals surface area contributed by atoms with Crippen molar-refractivity contribution in [1.29, 1.82) is 0 Å². The SMILES string of the molecule is COc1ccc(S(=O)(=O)CC2CCC[C@@H]2O)cc1C(=O)Nc1ccccc1Cl. The quantitative estimate of drug-likeness (QED) is 0.741. The van der Waals surface area contributed by atoms with Gasteiger partial charge in [-0.15, -0.1) is 0 Å². The summed E-state index contributed by atoms with van der Waals surface area (Å²) in [5.74, 6) is -0.702. The maximum absolute atomic E-state index is 12.8. The van der Waals surface area contributed by atoms with Gasteiger partial charge in [0, 0.05) is 0 Å². The first-order valence-electron chi connectivity index (χ1n) is 8.96. The number of rotatable bonds is 6. The summed E-state index contributed by atoms with van der Waals surface area (Å²) in [5, 5.41) is 13.0. The van der Waals surface area contributed by atoms with E-state index in [-0.39, 0.29) is 27.9 Å². The molecule has 6 nitrogen and oxygen atoms in total. The molecule has 1 aliphatic carbocycles. The molecule has 150 valence electrons. The Hall–Kier alpha value is -2.09. The first-order chi connectivity index (χ1) is 13.3. The monoisotopic (exact) mass is 423 g/mol. The molecule has 2 aromatic rings. The van der Waals surface area contributed by atoms with E-state index < -0.39 is 21.8 Å².